The number of nitrogens with two attached hydrogens (primary N) is 1. The summed E-state index contributed by atoms with van der Waals surface area (Å²) in [5.41, 5.74) is 5.56. The van der Waals surface area contributed by atoms with Crippen molar-refractivity contribution in [1.29, 1.82) is 10.5 Å². The van der Waals surface area contributed by atoms with Crippen molar-refractivity contribution in [3.05, 3.63) is 80.3 Å². The monoisotopic (exact) mass is 394 g/mol. The SMILES string of the molecule is N#Cc1c(N)[nH]c(=O)c(C#N)c1-c1ccc(F)cc1OCc1ccc(Cl)cc1. The molecule has 6 nitrogen and oxygen atoms in total. The van der Waals surface area contributed by atoms with Gasteiger partial charge in [-0.05, 0) is 29.8 Å². The lowest BCUT2D eigenvalue weighted by atomic mass is 9.96. The number of H-pyrrole nitrogens is 1. The second kappa shape index (κ2) is 7.83. The molecular formula is C20H12ClFN4O2. The van der Waals surface area contributed by atoms with Gasteiger partial charge in [0.05, 0.1) is 0 Å². The fourth-order valence-electron chi connectivity index (χ4n) is 2.68. The first-order chi connectivity index (χ1) is 13.4. The molecule has 138 valence electrons. The molecule has 3 aromatic rings. The van der Waals surface area contributed by atoms with Gasteiger partial charge in [0.15, 0.2) is 0 Å². The van der Waals surface area contributed by atoms with Crippen LogP contribution in [0.1, 0.15) is 16.7 Å². The molecular weight excluding hydrogens is 383 g/mol. The van der Waals surface area contributed by atoms with Gasteiger partial charge < -0.3 is 15.5 Å². The molecule has 0 aliphatic heterocycles. The van der Waals surface area contributed by atoms with E-state index in [9.17, 15) is 19.7 Å². The Morgan fingerprint density at radius 1 is 1.11 bits per heavy atom. The quantitative estimate of drug-likeness (QED) is 0.699. The summed E-state index contributed by atoms with van der Waals surface area (Å²) in [5.74, 6) is -0.702. The zero-order valence-corrected chi connectivity index (χ0v) is 15.0. The van der Waals surface area contributed by atoms with Gasteiger partial charge in [0.2, 0.25) is 0 Å². The summed E-state index contributed by atoms with van der Waals surface area (Å²) in [6, 6.07) is 14.1. The third-order valence-corrected chi connectivity index (χ3v) is 4.24. The van der Waals surface area contributed by atoms with Crippen molar-refractivity contribution in [2.75, 3.05) is 5.73 Å². The highest BCUT2D eigenvalue weighted by molar-refractivity contribution is 6.30. The van der Waals surface area contributed by atoms with E-state index in [1.807, 2.05) is 6.07 Å². The van der Waals surface area contributed by atoms with Gasteiger partial charge in [-0.15, -0.1) is 0 Å². The van der Waals surface area contributed by atoms with Crippen LogP contribution in [0.15, 0.2) is 47.3 Å². The topological polar surface area (TPSA) is 116 Å². The Morgan fingerprint density at radius 2 is 1.79 bits per heavy atom. The first kappa shape index (κ1) is 19.0. The van der Waals surface area contributed by atoms with Gasteiger partial charge in [-0.2, -0.15) is 10.5 Å². The Morgan fingerprint density at radius 3 is 2.43 bits per heavy atom. The fourth-order valence-corrected chi connectivity index (χ4v) is 2.80. The van der Waals surface area contributed by atoms with E-state index in [0.717, 1.165) is 17.7 Å². The van der Waals surface area contributed by atoms with Crippen LogP contribution in [-0.4, -0.2) is 4.98 Å². The summed E-state index contributed by atoms with van der Waals surface area (Å²) in [6.45, 7) is 0.0794. The molecule has 3 rings (SSSR count). The molecule has 0 aliphatic rings. The Hall–Kier alpha value is -3.81. The normalized spacial score (nSPS) is 10.1. The first-order valence-corrected chi connectivity index (χ1v) is 8.35. The van der Waals surface area contributed by atoms with Gasteiger partial charge in [-0.25, -0.2) is 4.39 Å². The summed E-state index contributed by atoms with van der Waals surface area (Å²) in [6.07, 6.45) is 0. The molecule has 0 fully saturated rings. The van der Waals surface area contributed by atoms with E-state index in [4.69, 9.17) is 22.1 Å². The van der Waals surface area contributed by atoms with E-state index < -0.39 is 11.4 Å². The predicted molar refractivity (Wildman–Crippen MR) is 102 cm³/mol. The predicted octanol–water partition coefficient (Wildman–Crippen LogP) is 3.74. The van der Waals surface area contributed by atoms with Crippen LogP contribution >= 0.6 is 11.6 Å². The van der Waals surface area contributed by atoms with Crippen LogP contribution in [0.3, 0.4) is 0 Å². The van der Waals surface area contributed by atoms with E-state index in [-0.39, 0.29) is 40.4 Å². The van der Waals surface area contributed by atoms with Gasteiger partial charge in [0.1, 0.15) is 47.3 Å². The lowest BCUT2D eigenvalue weighted by molar-refractivity contribution is 0.306. The van der Waals surface area contributed by atoms with Crippen LogP contribution in [0, 0.1) is 28.5 Å². The van der Waals surface area contributed by atoms with E-state index in [2.05, 4.69) is 4.98 Å². The van der Waals surface area contributed by atoms with Gasteiger partial charge in [-0.1, -0.05) is 23.7 Å². The smallest absolute Gasteiger partial charge is 0.268 e. The lowest BCUT2D eigenvalue weighted by Gasteiger charge is -2.15. The third kappa shape index (κ3) is 3.66. The van der Waals surface area contributed by atoms with E-state index in [1.165, 1.54) is 6.07 Å². The second-order valence-electron chi connectivity index (χ2n) is 5.77. The molecule has 0 atom stereocenters. The van der Waals surface area contributed by atoms with E-state index in [0.29, 0.717) is 5.02 Å². The zero-order valence-electron chi connectivity index (χ0n) is 14.3. The van der Waals surface area contributed by atoms with Gasteiger partial charge >= 0.3 is 0 Å². The van der Waals surface area contributed by atoms with Gasteiger partial charge in [-0.3, -0.25) is 4.79 Å². The minimum atomic E-state index is -0.748. The van der Waals surface area contributed by atoms with Crippen LogP contribution in [-0.2, 0) is 6.61 Å². The molecule has 8 heteroatoms. The average Bonchev–Trinajstić information content (AvgIpc) is 2.67. The number of nitrogens with zero attached hydrogens (tertiary/aromatic N) is 2. The number of rotatable bonds is 4. The van der Waals surface area contributed by atoms with Crippen molar-refractivity contribution in [3.8, 4) is 29.0 Å². The maximum atomic E-state index is 13.8. The molecule has 0 unspecified atom stereocenters. The summed E-state index contributed by atoms with van der Waals surface area (Å²) in [7, 11) is 0. The second-order valence-corrected chi connectivity index (χ2v) is 6.21. The third-order valence-electron chi connectivity index (χ3n) is 3.99. The molecule has 0 saturated carbocycles. The molecule has 1 aromatic heterocycles. The Balaban J connectivity index is 2.14. The van der Waals surface area contributed by atoms with Crippen LogP contribution in [0.2, 0.25) is 5.02 Å². The Bertz CT molecular complexity index is 1190. The molecule has 3 N–H and O–H groups in total. The standard InChI is InChI=1S/C20H12ClFN4O2/c21-12-3-1-11(2-4-12)10-28-17-7-13(22)5-6-14(17)18-15(8-23)19(25)26-20(27)16(18)9-24/h1-7H,10H2,(H3,25,26,27). The van der Waals surface area contributed by atoms with Crippen molar-refractivity contribution >= 4 is 17.4 Å². The number of pyridine rings is 1. The number of aromatic amines is 1. The highest BCUT2D eigenvalue weighted by Gasteiger charge is 2.21. The number of halogens is 2. The largest absolute Gasteiger partial charge is 0.488 e. The van der Waals surface area contributed by atoms with Crippen molar-refractivity contribution < 1.29 is 9.13 Å². The number of hydrogen-bond acceptors (Lipinski definition) is 5. The van der Waals surface area contributed by atoms with Gasteiger partial charge in [0, 0.05) is 22.2 Å². The molecule has 0 aliphatic carbocycles. The number of benzene rings is 2. The maximum absolute atomic E-state index is 13.8. The number of anilines is 1. The van der Waals surface area contributed by atoms with Crippen molar-refractivity contribution in [1.82, 2.24) is 4.98 Å². The van der Waals surface area contributed by atoms with Crippen LogP contribution in [0.5, 0.6) is 5.75 Å². The molecule has 28 heavy (non-hydrogen) atoms. The van der Waals surface area contributed by atoms with Crippen LogP contribution in [0.4, 0.5) is 10.2 Å². The molecule has 0 radical (unpaired) electrons. The molecule has 2 aromatic carbocycles. The fraction of sp³-hybridized carbons (Fsp3) is 0.0500. The highest BCUT2D eigenvalue weighted by atomic mass is 35.5. The number of ether oxygens (including phenoxy) is 1. The lowest BCUT2D eigenvalue weighted by Crippen LogP contribution is -2.16. The summed E-state index contributed by atoms with van der Waals surface area (Å²) in [4.78, 5) is 14.4. The Kier molecular flexibility index (Phi) is 5.30. The number of nitrogen functional groups attached to an aromatic ring is 1. The average molecular weight is 395 g/mol. The molecule has 0 saturated heterocycles. The van der Waals surface area contributed by atoms with E-state index >= 15 is 0 Å². The van der Waals surface area contributed by atoms with Crippen molar-refractivity contribution in [2.24, 2.45) is 0 Å². The van der Waals surface area contributed by atoms with E-state index in [1.54, 1.807) is 30.3 Å². The highest BCUT2D eigenvalue weighted by Crippen LogP contribution is 2.36. The Labute approximate surface area is 164 Å². The summed E-state index contributed by atoms with van der Waals surface area (Å²) >= 11 is 5.86. The van der Waals surface area contributed by atoms with Crippen LogP contribution in [0.25, 0.3) is 11.1 Å². The number of aromatic nitrogens is 1. The summed E-state index contributed by atoms with van der Waals surface area (Å²) in [5, 5.41) is 19.4. The molecule has 0 spiro atoms. The summed E-state index contributed by atoms with van der Waals surface area (Å²) < 4.78 is 19.6. The molecule has 0 amide bonds. The molecule has 0 bridgehead atoms. The first-order valence-electron chi connectivity index (χ1n) is 7.97. The van der Waals surface area contributed by atoms with Gasteiger partial charge in [0.25, 0.3) is 5.56 Å². The van der Waals surface area contributed by atoms with Crippen molar-refractivity contribution in [2.45, 2.75) is 6.61 Å². The molecule has 1 heterocycles. The van der Waals surface area contributed by atoms with Crippen LogP contribution < -0.4 is 16.0 Å². The minimum Gasteiger partial charge on any atom is -0.488 e. The number of nitriles is 2. The zero-order chi connectivity index (χ0) is 20.3. The van der Waals surface area contributed by atoms with Crippen molar-refractivity contribution in [3.63, 3.8) is 0 Å². The minimum absolute atomic E-state index is 0.00245. The number of nitrogens with one attached hydrogen (secondary N) is 1. The number of hydrogen-bond donors (Lipinski definition) is 2. The maximum Gasteiger partial charge on any atom is 0.268 e.